The van der Waals surface area contributed by atoms with Crippen molar-refractivity contribution in [3.63, 3.8) is 0 Å². The van der Waals surface area contributed by atoms with Gasteiger partial charge in [-0.25, -0.2) is 9.59 Å². The summed E-state index contributed by atoms with van der Waals surface area (Å²) >= 11 is 0. The van der Waals surface area contributed by atoms with E-state index in [4.69, 9.17) is 5.11 Å². The number of rotatable bonds is 3. The predicted molar refractivity (Wildman–Crippen MR) is 43.9 cm³/mol. The zero-order chi connectivity index (χ0) is 9.72. The molecule has 0 rings (SSSR count). The molecule has 1 atom stereocenters. The van der Waals surface area contributed by atoms with Crippen molar-refractivity contribution >= 4 is 12.0 Å². The van der Waals surface area contributed by atoms with Crippen LogP contribution >= 0.6 is 0 Å². The van der Waals surface area contributed by atoms with Gasteiger partial charge < -0.3 is 15.3 Å². The maximum Gasteiger partial charge on any atom is 0.326 e. The van der Waals surface area contributed by atoms with Gasteiger partial charge in [-0.1, -0.05) is 0 Å². The minimum Gasteiger partial charge on any atom is -0.480 e. The highest BCUT2D eigenvalue weighted by Crippen LogP contribution is 1.95. The summed E-state index contributed by atoms with van der Waals surface area (Å²) in [5.41, 5.74) is 0. The first-order valence-electron chi connectivity index (χ1n) is 3.74. The van der Waals surface area contributed by atoms with Crippen LogP contribution in [-0.4, -0.2) is 41.6 Å². The van der Waals surface area contributed by atoms with Gasteiger partial charge in [0.15, 0.2) is 0 Å². The summed E-state index contributed by atoms with van der Waals surface area (Å²) in [5.74, 6) is -1.01. The Hall–Kier alpha value is -1.26. The van der Waals surface area contributed by atoms with Crippen molar-refractivity contribution in [2.45, 2.75) is 19.9 Å². The first-order chi connectivity index (χ1) is 5.50. The number of carbonyl (C=O) groups is 2. The summed E-state index contributed by atoms with van der Waals surface area (Å²) in [6.45, 7) is 3.73. The van der Waals surface area contributed by atoms with Crippen LogP contribution < -0.4 is 5.32 Å². The minimum absolute atomic E-state index is 0.368. The molecule has 0 heterocycles. The molecule has 0 fully saturated rings. The average molecular weight is 174 g/mol. The van der Waals surface area contributed by atoms with Crippen LogP contribution in [-0.2, 0) is 4.79 Å². The van der Waals surface area contributed by atoms with Crippen LogP contribution in [0.4, 0.5) is 4.79 Å². The van der Waals surface area contributed by atoms with E-state index in [2.05, 4.69) is 5.32 Å². The molecule has 0 bridgehead atoms. The number of likely N-dealkylation sites (N-methyl/N-ethyl adjacent to an activating group) is 1. The third-order valence-corrected chi connectivity index (χ3v) is 1.59. The van der Waals surface area contributed by atoms with Gasteiger partial charge in [0.25, 0.3) is 0 Å². The molecule has 0 radical (unpaired) electrons. The molecule has 1 unspecified atom stereocenters. The van der Waals surface area contributed by atoms with E-state index in [1.807, 2.05) is 0 Å². The van der Waals surface area contributed by atoms with E-state index in [1.54, 1.807) is 6.92 Å². The lowest BCUT2D eigenvalue weighted by molar-refractivity contribution is -0.141. The van der Waals surface area contributed by atoms with Gasteiger partial charge in [-0.2, -0.15) is 0 Å². The molecule has 0 saturated heterocycles. The van der Waals surface area contributed by atoms with Gasteiger partial charge in [0, 0.05) is 13.6 Å². The Morgan fingerprint density at radius 3 is 2.42 bits per heavy atom. The molecule has 2 amide bonds. The summed E-state index contributed by atoms with van der Waals surface area (Å²) in [5, 5.41) is 11.1. The third-order valence-electron chi connectivity index (χ3n) is 1.59. The highest BCUT2D eigenvalue weighted by molar-refractivity contribution is 5.81. The number of carbonyl (C=O) groups excluding carboxylic acids is 1. The molecular formula is C7H14N2O3. The van der Waals surface area contributed by atoms with E-state index in [0.717, 1.165) is 4.90 Å². The minimum atomic E-state index is -1.01. The summed E-state index contributed by atoms with van der Waals surface area (Å²) in [7, 11) is 1.45. The third kappa shape index (κ3) is 2.77. The molecule has 2 N–H and O–H groups in total. The average Bonchev–Trinajstić information content (AvgIpc) is 2.02. The summed E-state index contributed by atoms with van der Waals surface area (Å²) in [6, 6.07) is -1.16. The van der Waals surface area contributed by atoms with Gasteiger partial charge >= 0.3 is 12.0 Å². The van der Waals surface area contributed by atoms with Crippen molar-refractivity contribution in [1.82, 2.24) is 10.2 Å². The van der Waals surface area contributed by atoms with Crippen molar-refractivity contribution in [1.29, 1.82) is 0 Å². The Labute approximate surface area is 71.4 Å². The Kier molecular flexibility index (Phi) is 4.10. The summed E-state index contributed by atoms with van der Waals surface area (Å²) < 4.78 is 0. The Morgan fingerprint density at radius 1 is 1.58 bits per heavy atom. The normalized spacial score (nSPS) is 11.9. The number of aliphatic carboxylic acids is 1. The second-order valence-corrected chi connectivity index (χ2v) is 2.46. The number of hydrogen-bond acceptors (Lipinski definition) is 2. The SMILES string of the molecule is CCNC(=O)N(C)C(C)C(=O)O. The molecule has 0 aromatic heterocycles. The quantitative estimate of drug-likeness (QED) is 0.638. The standard InChI is InChI=1S/C7H14N2O3/c1-4-8-7(12)9(3)5(2)6(10)11/h5H,4H2,1-3H3,(H,8,12)(H,10,11). The summed E-state index contributed by atoms with van der Waals surface area (Å²) in [4.78, 5) is 22.6. The number of carboxylic acids is 1. The van der Waals surface area contributed by atoms with Crippen LogP contribution in [0.5, 0.6) is 0 Å². The smallest absolute Gasteiger partial charge is 0.326 e. The van der Waals surface area contributed by atoms with Gasteiger partial charge in [-0.15, -0.1) is 0 Å². The molecule has 0 saturated carbocycles. The van der Waals surface area contributed by atoms with E-state index in [9.17, 15) is 9.59 Å². The number of amides is 2. The molecule has 0 aliphatic rings. The Bertz CT molecular complexity index is 181. The van der Waals surface area contributed by atoms with Crippen LogP contribution in [0.1, 0.15) is 13.8 Å². The molecular weight excluding hydrogens is 160 g/mol. The molecule has 5 nitrogen and oxygen atoms in total. The topological polar surface area (TPSA) is 69.6 Å². The Balaban J connectivity index is 4.09. The van der Waals surface area contributed by atoms with E-state index in [0.29, 0.717) is 6.54 Å². The van der Waals surface area contributed by atoms with Crippen molar-refractivity contribution in [3.05, 3.63) is 0 Å². The van der Waals surface area contributed by atoms with Crippen molar-refractivity contribution in [2.75, 3.05) is 13.6 Å². The predicted octanol–water partition coefficient (Wildman–Crippen LogP) is 0.121. The fourth-order valence-electron chi connectivity index (χ4n) is 0.617. The van der Waals surface area contributed by atoms with E-state index < -0.39 is 12.0 Å². The lowest BCUT2D eigenvalue weighted by atomic mass is 10.3. The molecule has 0 aromatic carbocycles. The first-order valence-corrected chi connectivity index (χ1v) is 3.74. The fourth-order valence-corrected chi connectivity index (χ4v) is 0.617. The molecule has 0 spiro atoms. The monoisotopic (exact) mass is 174 g/mol. The van der Waals surface area contributed by atoms with Crippen LogP contribution in [0.3, 0.4) is 0 Å². The maximum atomic E-state index is 11.0. The second kappa shape index (κ2) is 4.58. The van der Waals surface area contributed by atoms with Gasteiger partial charge in [-0.3, -0.25) is 0 Å². The molecule has 5 heteroatoms. The summed E-state index contributed by atoms with van der Waals surface area (Å²) in [6.07, 6.45) is 0. The van der Waals surface area contributed by atoms with E-state index >= 15 is 0 Å². The van der Waals surface area contributed by atoms with Crippen LogP contribution in [0, 0.1) is 0 Å². The fraction of sp³-hybridized carbons (Fsp3) is 0.714. The zero-order valence-corrected chi connectivity index (χ0v) is 7.50. The van der Waals surface area contributed by atoms with Crippen LogP contribution in [0.15, 0.2) is 0 Å². The molecule has 12 heavy (non-hydrogen) atoms. The number of urea groups is 1. The van der Waals surface area contributed by atoms with Crippen molar-refractivity contribution < 1.29 is 14.7 Å². The lowest BCUT2D eigenvalue weighted by Gasteiger charge is -2.21. The van der Waals surface area contributed by atoms with Crippen LogP contribution in [0.2, 0.25) is 0 Å². The van der Waals surface area contributed by atoms with Gasteiger partial charge in [-0.05, 0) is 13.8 Å². The highest BCUT2D eigenvalue weighted by atomic mass is 16.4. The first kappa shape index (κ1) is 10.7. The van der Waals surface area contributed by atoms with Gasteiger partial charge in [0.2, 0.25) is 0 Å². The van der Waals surface area contributed by atoms with Crippen LogP contribution in [0.25, 0.3) is 0 Å². The van der Waals surface area contributed by atoms with Gasteiger partial charge in [0.1, 0.15) is 6.04 Å². The molecule has 0 aliphatic carbocycles. The number of nitrogens with one attached hydrogen (secondary N) is 1. The number of hydrogen-bond donors (Lipinski definition) is 2. The second-order valence-electron chi connectivity index (χ2n) is 2.46. The number of carboxylic acid groups (broad SMARTS) is 1. The number of nitrogens with zero attached hydrogens (tertiary/aromatic N) is 1. The largest absolute Gasteiger partial charge is 0.480 e. The molecule has 0 aromatic rings. The Morgan fingerprint density at radius 2 is 2.08 bits per heavy atom. The lowest BCUT2D eigenvalue weighted by Crippen LogP contribution is -2.45. The molecule has 0 aliphatic heterocycles. The van der Waals surface area contributed by atoms with Gasteiger partial charge in [0.05, 0.1) is 0 Å². The molecule has 70 valence electrons. The highest BCUT2D eigenvalue weighted by Gasteiger charge is 2.20. The van der Waals surface area contributed by atoms with E-state index in [1.165, 1.54) is 14.0 Å². The van der Waals surface area contributed by atoms with Crippen molar-refractivity contribution in [3.8, 4) is 0 Å². The zero-order valence-electron chi connectivity index (χ0n) is 7.50. The van der Waals surface area contributed by atoms with E-state index in [-0.39, 0.29) is 6.03 Å². The van der Waals surface area contributed by atoms with Crippen molar-refractivity contribution in [2.24, 2.45) is 0 Å². The maximum absolute atomic E-state index is 11.0.